The zero-order valence-electron chi connectivity index (χ0n) is 11.8. The van der Waals surface area contributed by atoms with Crippen molar-refractivity contribution in [1.82, 2.24) is 10.2 Å². The van der Waals surface area contributed by atoms with Crippen molar-refractivity contribution in [3.8, 4) is 5.75 Å². The van der Waals surface area contributed by atoms with Gasteiger partial charge in [0.2, 0.25) is 0 Å². The molecule has 4 heteroatoms. The van der Waals surface area contributed by atoms with Gasteiger partial charge in [0.1, 0.15) is 12.4 Å². The van der Waals surface area contributed by atoms with Gasteiger partial charge in [0, 0.05) is 6.54 Å². The Bertz CT molecular complexity index is 469. The highest BCUT2D eigenvalue weighted by Gasteiger charge is 2.24. The second-order valence-electron chi connectivity index (χ2n) is 5.64. The number of carbonyl (C=O) groups excluding carboxylic acids is 1. The molecule has 1 fully saturated rings. The quantitative estimate of drug-likeness (QED) is 0.915. The van der Waals surface area contributed by atoms with E-state index in [0.29, 0.717) is 24.6 Å². The second kappa shape index (κ2) is 6.27. The summed E-state index contributed by atoms with van der Waals surface area (Å²) in [4.78, 5) is 14.5. The van der Waals surface area contributed by atoms with Gasteiger partial charge in [-0.05, 0) is 50.4 Å². The van der Waals surface area contributed by atoms with Crippen molar-refractivity contribution in [3.63, 3.8) is 0 Å². The summed E-state index contributed by atoms with van der Waals surface area (Å²) in [6.07, 6.45) is 3.62. The Morgan fingerprint density at radius 1 is 1.35 bits per heavy atom. The van der Waals surface area contributed by atoms with Crippen LogP contribution in [0.3, 0.4) is 0 Å². The van der Waals surface area contributed by atoms with Gasteiger partial charge in [-0.3, -0.25) is 4.79 Å². The van der Waals surface area contributed by atoms with Gasteiger partial charge in [0.15, 0.2) is 0 Å². The van der Waals surface area contributed by atoms with E-state index >= 15 is 0 Å². The third-order valence-corrected chi connectivity index (χ3v) is 4.23. The summed E-state index contributed by atoms with van der Waals surface area (Å²) in [5.74, 6) is 1.54. The molecule has 0 spiro atoms. The number of nitrogens with zero attached hydrogens (tertiary/aromatic N) is 1. The van der Waals surface area contributed by atoms with E-state index in [4.69, 9.17) is 4.74 Å². The molecule has 0 aromatic heterocycles. The van der Waals surface area contributed by atoms with E-state index < -0.39 is 0 Å². The van der Waals surface area contributed by atoms with E-state index in [-0.39, 0.29) is 5.91 Å². The summed E-state index contributed by atoms with van der Waals surface area (Å²) >= 11 is 0. The van der Waals surface area contributed by atoms with Crippen molar-refractivity contribution >= 4 is 5.91 Å². The van der Waals surface area contributed by atoms with Crippen LogP contribution in [-0.2, 0) is 0 Å². The summed E-state index contributed by atoms with van der Waals surface area (Å²) < 4.78 is 5.67. The Labute approximate surface area is 120 Å². The number of fused-ring (bicyclic) bond motifs is 1. The van der Waals surface area contributed by atoms with Gasteiger partial charge in [0.05, 0.1) is 12.1 Å². The molecular formula is C16H22N2O2. The van der Waals surface area contributed by atoms with Crippen LogP contribution in [0.25, 0.3) is 0 Å². The van der Waals surface area contributed by atoms with Crippen molar-refractivity contribution in [2.75, 3.05) is 32.8 Å². The fraction of sp³-hybridized carbons (Fsp3) is 0.562. The summed E-state index contributed by atoms with van der Waals surface area (Å²) in [6.45, 7) is 4.34. The SMILES string of the molecule is O=C1c2ccccc2OCCN1CCC1CCCNC1. The maximum Gasteiger partial charge on any atom is 0.257 e. The molecule has 2 heterocycles. The number of ether oxygens (including phenoxy) is 1. The minimum Gasteiger partial charge on any atom is -0.491 e. The minimum atomic E-state index is 0.113. The fourth-order valence-corrected chi connectivity index (χ4v) is 3.03. The van der Waals surface area contributed by atoms with Gasteiger partial charge < -0.3 is 15.0 Å². The van der Waals surface area contributed by atoms with Crippen LogP contribution >= 0.6 is 0 Å². The molecule has 0 saturated carbocycles. The average molecular weight is 274 g/mol. The normalized spacial score (nSPS) is 22.9. The molecule has 1 unspecified atom stereocenters. The number of rotatable bonds is 3. The Morgan fingerprint density at radius 2 is 2.25 bits per heavy atom. The van der Waals surface area contributed by atoms with Crippen LogP contribution in [0.2, 0.25) is 0 Å². The Kier molecular flexibility index (Phi) is 4.21. The van der Waals surface area contributed by atoms with Gasteiger partial charge in [-0.25, -0.2) is 0 Å². The zero-order valence-corrected chi connectivity index (χ0v) is 11.8. The summed E-state index contributed by atoms with van der Waals surface area (Å²) in [5, 5.41) is 3.43. The van der Waals surface area contributed by atoms with Crippen LogP contribution in [-0.4, -0.2) is 43.6 Å². The van der Waals surface area contributed by atoms with Crippen molar-refractivity contribution in [1.29, 1.82) is 0 Å². The maximum absolute atomic E-state index is 12.5. The van der Waals surface area contributed by atoms with Crippen molar-refractivity contribution < 1.29 is 9.53 Å². The monoisotopic (exact) mass is 274 g/mol. The fourth-order valence-electron chi connectivity index (χ4n) is 3.03. The van der Waals surface area contributed by atoms with Crippen LogP contribution in [0.5, 0.6) is 5.75 Å². The number of carbonyl (C=O) groups is 1. The number of para-hydroxylation sites is 1. The largest absolute Gasteiger partial charge is 0.491 e. The van der Waals surface area contributed by atoms with E-state index in [9.17, 15) is 4.79 Å². The van der Waals surface area contributed by atoms with Crippen molar-refractivity contribution in [2.24, 2.45) is 5.92 Å². The molecule has 108 valence electrons. The summed E-state index contributed by atoms with van der Waals surface area (Å²) in [6, 6.07) is 7.55. The molecule has 1 amide bonds. The number of hydrogen-bond acceptors (Lipinski definition) is 3. The second-order valence-corrected chi connectivity index (χ2v) is 5.64. The van der Waals surface area contributed by atoms with E-state index in [2.05, 4.69) is 5.32 Å². The first kappa shape index (κ1) is 13.4. The van der Waals surface area contributed by atoms with Crippen molar-refractivity contribution in [3.05, 3.63) is 29.8 Å². The lowest BCUT2D eigenvalue weighted by atomic mass is 9.96. The molecule has 0 bridgehead atoms. The van der Waals surface area contributed by atoms with Gasteiger partial charge >= 0.3 is 0 Å². The van der Waals surface area contributed by atoms with E-state index in [1.807, 2.05) is 29.2 Å². The lowest BCUT2D eigenvalue weighted by molar-refractivity contribution is 0.0743. The minimum absolute atomic E-state index is 0.113. The Morgan fingerprint density at radius 3 is 3.10 bits per heavy atom. The number of hydrogen-bond donors (Lipinski definition) is 1. The first-order valence-corrected chi connectivity index (χ1v) is 7.56. The molecule has 20 heavy (non-hydrogen) atoms. The summed E-state index contributed by atoms with van der Waals surface area (Å²) in [7, 11) is 0. The first-order valence-electron chi connectivity index (χ1n) is 7.56. The van der Waals surface area contributed by atoms with Crippen LogP contribution in [0.15, 0.2) is 24.3 Å². The van der Waals surface area contributed by atoms with Gasteiger partial charge in [-0.1, -0.05) is 12.1 Å². The third-order valence-electron chi connectivity index (χ3n) is 4.23. The third kappa shape index (κ3) is 2.96. The highest BCUT2D eigenvalue weighted by Crippen LogP contribution is 2.23. The predicted octanol–water partition coefficient (Wildman–Crippen LogP) is 1.91. The standard InChI is InChI=1S/C16H22N2O2/c19-16-14-5-1-2-6-15(14)20-11-10-18(16)9-7-13-4-3-8-17-12-13/h1-2,5-6,13,17H,3-4,7-12H2. The molecule has 1 aromatic carbocycles. The first-order chi connectivity index (χ1) is 9.84. The van der Waals surface area contributed by atoms with E-state index in [1.165, 1.54) is 12.8 Å². The number of piperidine rings is 1. The van der Waals surface area contributed by atoms with Crippen LogP contribution in [0.4, 0.5) is 0 Å². The average Bonchev–Trinajstić information content (AvgIpc) is 2.66. The molecule has 1 N–H and O–H groups in total. The molecule has 1 aromatic rings. The van der Waals surface area contributed by atoms with Crippen LogP contribution in [0, 0.1) is 5.92 Å². The highest BCUT2D eigenvalue weighted by molar-refractivity contribution is 5.97. The number of nitrogens with one attached hydrogen (secondary N) is 1. The zero-order chi connectivity index (χ0) is 13.8. The smallest absolute Gasteiger partial charge is 0.257 e. The van der Waals surface area contributed by atoms with Crippen LogP contribution in [0.1, 0.15) is 29.6 Å². The summed E-state index contributed by atoms with van der Waals surface area (Å²) in [5.41, 5.74) is 0.701. The van der Waals surface area contributed by atoms with Crippen LogP contribution < -0.4 is 10.1 Å². The lowest BCUT2D eigenvalue weighted by Gasteiger charge is -2.26. The lowest BCUT2D eigenvalue weighted by Crippen LogP contribution is -2.36. The highest BCUT2D eigenvalue weighted by atomic mass is 16.5. The van der Waals surface area contributed by atoms with Gasteiger partial charge in [-0.2, -0.15) is 0 Å². The molecule has 1 atom stereocenters. The topological polar surface area (TPSA) is 41.6 Å². The molecule has 0 radical (unpaired) electrons. The molecule has 1 saturated heterocycles. The maximum atomic E-state index is 12.5. The molecule has 3 rings (SSSR count). The molecular weight excluding hydrogens is 252 g/mol. The Hall–Kier alpha value is -1.55. The number of benzene rings is 1. The Balaban J connectivity index is 1.63. The molecule has 2 aliphatic heterocycles. The molecule has 2 aliphatic rings. The molecule has 0 aliphatic carbocycles. The van der Waals surface area contributed by atoms with E-state index in [1.54, 1.807) is 0 Å². The van der Waals surface area contributed by atoms with Gasteiger partial charge in [0.25, 0.3) is 5.91 Å². The molecule has 4 nitrogen and oxygen atoms in total. The predicted molar refractivity (Wildman–Crippen MR) is 78.1 cm³/mol. The van der Waals surface area contributed by atoms with Gasteiger partial charge in [-0.15, -0.1) is 0 Å². The van der Waals surface area contributed by atoms with E-state index in [0.717, 1.165) is 31.8 Å². The number of amides is 1. The van der Waals surface area contributed by atoms with Crippen molar-refractivity contribution in [2.45, 2.75) is 19.3 Å².